The van der Waals surface area contributed by atoms with E-state index in [1.54, 1.807) is 52.8 Å². The number of nitrogens with one attached hydrogen (secondary N) is 1. The van der Waals surface area contributed by atoms with Gasteiger partial charge in [-0.2, -0.15) is 8.78 Å². The maximum Gasteiger partial charge on any atom is 0.408 e. The Morgan fingerprint density at radius 2 is 1.93 bits per heavy atom. The van der Waals surface area contributed by atoms with Crippen molar-refractivity contribution in [2.45, 2.75) is 103 Å². The number of methoxy groups -OCH3 is 1. The fraction of sp³-hybridized carbons (Fsp3) is 0.656. The topological polar surface area (TPSA) is 140 Å². The lowest BCUT2D eigenvalue weighted by Gasteiger charge is -2.35. The molecule has 11 nitrogen and oxygen atoms in total. The molecule has 1 aliphatic carbocycles. The molecule has 0 unspecified atom stereocenters. The molecule has 246 valence electrons. The SMILES string of the molecule is CC[C@@H]1[C@@H]2CN(C(=O)[C@H](C(C)(C)C)NC(=O)O[C@]3(C)C[C@H]3CCCCC(F)(F)c3nc4ccc(OC)cc4nc3O2)[C@@H]1C(=O)O. The van der Waals surface area contributed by atoms with Crippen LogP contribution < -0.4 is 14.8 Å². The lowest BCUT2D eigenvalue weighted by Crippen LogP contribution is -2.57. The number of nitrogens with zero attached hydrogens (tertiary/aromatic N) is 3. The van der Waals surface area contributed by atoms with Crippen molar-refractivity contribution in [2.75, 3.05) is 13.7 Å². The fourth-order valence-electron chi connectivity index (χ4n) is 6.63. The number of alkyl carbamates (subject to hydrolysis) is 1. The molecule has 2 bridgehead atoms. The molecule has 6 atom stereocenters. The van der Waals surface area contributed by atoms with Crippen molar-refractivity contribution in [1.82, 2.24) is 20.2 Å². The molecule has 3 heterocycles. The van der Waals surface area contributed by atoms with Gasteiger partial charge in [0.15, 0.2) is 5.69 Å². The van der Waals surface area contributed by atoms with Gasteiger partial charge in [-0.3, -0.25) is 4.79 Å². The molecule has 1 aromatic heterocycles. The molecule has 1 saturated carbocycles. The molecule has 2 amide bonds. The van der Waals surface area contributed by atoms with E-state index in [0.717, 1.165) is 4.90 Å². The van der Waals surface area contributed by atoms with E-state index in [2.05, 4.69) is 15.3 Å². The molecular weight excluding hydrogens is 590 g/mol. The Morgan fingerprint density at radius 3 is 2.58 bits per heavy atom. The molecule has 1 saturated heterocycles. The third-order valence-corrected chi connectivity index (χ3v) is 9.40. The minimum absolute atomic E-state index is 0.00470. The maximum absolute atomic E-state index is 16.0. The zero-order chi connectivity index (χ0) is 32.9. The minimum Gasteiger partial charge on any atom is -0.497 e. The third-order valence-electron chi connectivity index (χ3n) is 9.40. The van der Waals surface area contributed by atoms with E-state index in [1.807, 2.05) is 0 Å². The van der Waals surface area contributed by atoms with Crippen LogP contribution in [0.5, 0.6) is 11.6 Å². The van der Waals surface area contributed by atoms with Crippen LogP contribution in [0.1, 0.15) is 78.8 Å². The second-order valence-corrected chi connectivity index (χ2v) is 13.7. The number of hydrogen-bond donors (Lipinski definition) is 2. The molecule has 5 rings (SSSR count). The highest BCUT2D eigenvalue weighted by atomic mass is 19.3. The lowest BCUT2D eigenvalue weighted by molar-refractivity contribution is -0.151. The Balaban J connectivity index is 1.60. The summed E-state index contributed by atoms with van der Waals surface area (Å²) < 4.78 is 49.1. The molecule has 2 aromatic rings. The number of fused-ring (bicyclic) bond motifs is 5. The summed E-state index contributed by atoms with van der Waals surface area (Å²) >= 11 is 0. The number of ether oxygens (including phenoxy) is 3. The number of aromatic nitrogens is 2. The lowest BCUT2D eigenvalue weighted by atomic mass is 9.85. The van der Waals surface area contributed by atoms with Crippen LogP contribution in [0.4, 0.5) is 13.6 Å². The number of carboxylic acid groups (broad SMARTS) is 1. The molecule has 0 radical (unpaired) electrons. The minimum atomic E-state index is -3.41. The van der Waals surface area contributed by atoms with Crippen molar-refractivity contribution in [3.63, 3.8) is 0 Å². The number of carbonyl (C=O) groups excluding carboxylic acids is 2. The Morgan fingerprint density at radius 1 is 1.20 bits per heavy atom. The normalized spacial score (nSPS) is 30.6. The van der Waals surface area contributed by atoms with Crippen LogP contribution in [-0.2, 0) is 20.2 Å². The fourth-order valence-corrected chi connectivity index (χ4v) is 6.63. The van der Waals surface area contributed by atoms with Gasteiger partial charge in [-0.1, -0.05) is 34.1 Å². The van der Waals surface area contributed by atoms with Gasteiger partial charge < -0.3 is 29.5 Å². The first-order chi connectivity index (χ1) is 21.1. The Hall–Kier alpha value is -3.77. The molecule has 45 heavy (non-hydrogen) atoms. The van der Waals surface area contributed by atoms with Gasteiger partial charge in [0, 0.05) is 24.3 Å². The van der Waals surface area contributed by atoms with Gasteiger partial charge in [-0.05, 0) is 50.2 Å². The average molecular weight is 633 g/mol. The highest BCUT2D eigenvalue weighted by Gasteiger charge is 2.55. The smallest absolute Gasteiger partial charge is 0.408 e. The highest BCUT2D eigenvalue weighted by Crippen LogP contribution is 2.50. The van der Waals surface area contributed by atoms with Gasteiger partial charge in [0.2, 0.25) is 11.8 Å². The quantitative estimate of drug-likeness (QED) is 0.462. The van der Waals surface area contributed by atoms with Gasteiger partial charge in [-0.15, -0.1) is 0 Å². The van der Waals surface area contributed by atoms with Crippen LogP contribution in [0, 0.1) is 17.3 Å². The number of rotatable bonds is 3. The Kier molecular flexibility index (Phi) is 8.60. The molecule has 2 fully saturated rings. The summed E-state index contributed by atoms with van der Waals surface area (Å²) in [6.07, 6.45) is -0.192. The van der Waals surface area contributed by atoms with Crippen molar-refractivity contribution in [3.05, 3.63) is 23.9 Å². The highest BCUT2D eigenvalue weighted by molar-refractivity contribution is 5.91. The molecule has 0 spiro atoms. The van der Waals surface area contributed by atoms with Crippen LogP contribution in [0.25, 0.3) is 11.0 Å². The van der Waals surface area contributed by atoms with E-state index in [9.17, 15) is 19.5 Å². The number of amides is 2. The van der Waals surface area contributed by atoms with Gasteiger partial charge in [0.05, 0.1) is 24.7 Å². The van der Waals surface area contributed by atoms with Crippen LogP contribution in [-0.4, -0.2) is 75.4 Å². The summed E-state index contributed by atoms with van der Waals surface area (Å²) in [5.74, 6) is -6.04. The first-order valence-corrected chi connectivity index (χ1v) is 15.5. The molecule has 2 N–H and O–H groups in total. The average Bonchev–Trinajstić information content (AvgIpc) is 3.44. The second-order valence-electron chi connectivity index (χ2n) is 13.7. The zero-order valence-corrected chi connectivity index (χ0v) is 26.6. The number of benzene rings is 1. The van der Waals surface area contributed by atoms with Crippen molar-refractivity contribution in [3.8, 4) is 11.6 Å². The van der Waals surface area contributed by atoms with Crippen LogP contribution in [0.2, 0.25) is 0 Å². The first-order valence-electron chi connectivity index (χ1n) is 15.5. The second kappa shape index (κ2) is 11.9. The number of halogens is 2. The first kappa shape index (κ1) is 32.6. The number of aliphatic carboxylic acids is 1. The summed E-state index contributed by atoms with van der Waals surface area (Å²) in [6.45, 7) is 8.59. The van der Waals surface area contributed by atoms with Gasteiger partial charge in [-0.25, -0.2) is 19.6 Å². The van der Waals surface area contributed by atoms with Crippen molar-refractivity contribution in [2.24, 2.45) is 17.3 Å². The van der Waals surface area contributed by atoms with Gasteiger partial charge in [0.1, 0.15) is 29.5 Å². The van der Waals surface area contributed by atoms with Gasteiger partial charge >= 0.3 is 12.1 Å². The number of hydrogen-bond acceptors (Lipinski definition) is 8. The summed E-state index contributed by atoms with van der Waals surface area (Å²) in [7, 11) is 1.47. The largest absolute Gasteiger partial charge is 0.497 e. The van der Waals surface area contributed by atoms with E-state index in [1.165, 1.54) is 7.11 Å². The van der Waals surface area contributed by atoms with Crippen LogP contribution >= 0.6 is 0 Å². The third kappa shape index (κ3) is 6.48. The number of carboxylic acids is 1. The number of carbonyl (C=O) groups is 3. The molecule has 3 aliphatic rings. The summed E-state index contributed by atoms with van der Waals surface area (Å²) in [5.41, 5.74) is -1.72. The molecular formula is C32H42F2N4O7. The van der Waals surface area contributed by atoms with E-state index in [-0.39, 0.29) is 36.3 Å². The predicted octanol–water partition coefficient (Wildman–Crippen LogP) is 5.29. The Bertz CT molecular complexity index is 1480. The zero-order valence-electron chi connectivity index (χ0n) is 26.6. The summed E-state index contributed by atoms with van der Waals surface area (Å²) in [4.78, 5) is 49.7. The number of alkyl halides is 2. The van der Waals surface area contributed by atoms with Crippen molar-refractivity contribution >= 4 is 29.0 Å². The van der Waals surface area contributed by atoms with Crippen molar-refractivity contribution in [1.29, 1.82) is 0 Å². The summed E-state index contributed by atoms with van der Waals surface area (Å²) in [5, 5.41) is 13.0. The summed E-state index contributed by atoms with van der Waals surface area (Å²) in [6, 6.07) is 2.25. The standard InChI is InChI=1S/C32H42F2N4O7/c1-7-19-22-16-38(23(19)28(40)41)27(39)25(30(2,3)4)37-29(42)45-31(5)15-17(31)10-8-9-13-32(33,34)24-26(44-22)36-21-14-18(43-6)11-12-20(21)35-24/h11-12,14,17,19,22-23,25H,7-10,13,15-16H2,1-6H3,(H,37,42)(H,40,41)/t17-,19-,22+,23+,25-,31-/m1/s1. The van der Waals surface area contributed by atoms with E-state index >= 15 is 8.78 Å². The Labute approximate surface area is 261 Å². The van der Waals surface area contributed by atoms with E-state index in [4.69, 9.17) is 14.2 Å². The molecule has 1 aromatic carbocycles. The molecule has 13 heteroatoms. The predicted molar refractivity (Wildman–Crippen MR) is 159 cm³/mol. The van der Waals surface area contributed by atoms with E-state index in [0.29, 0.717) is 25.0 Å². The molecule has 2 aliphatic heterocycles. The van der Waals surface area contributed by atoms with Gasteiger partial charge in [0.25, 0.3) is 5.92 Å². The van der Waals surface area contributed by atoms with Crippen molar-refractivity contribution < 1.29 is 42.5 Å². The van der Waals surface area contributed by atoms with Crippen LogP contribution in [0.3, 0.4) is 0 Å². The van der Waals surface area contributed by atoms with Crippen LogP contribution in [0.15, 0.2) is 18.2 Å². The monoisotopic (exact) mass is 632 g/mol. The maximum atomic E-state index is 16.0. The van der Waals surface area contributed by atoms with E-state index < -0.39 is 77.0 Å².